The van der Waals surface area contributed by atoms with Gasteiger partial charge >= 0.3 is 6.18 Å². The van der Waals surface area contributed by atoms with E-state index >= 15 is 0 Å². The van der Waals surface area contributed by atoms with E-state index < -0.39 is 33.6 Å². The maximum Gasteiger partial charge on any atom is 0.416 e. The average molecular weight is 485 g/mol. The van der Waals surface area contributed by atoms with Crippen molar-refractivity contribution in [2.45, 2.75) is 37.8 Å². The molecule has 0 atom stereocenters. The molecule has 1 N–H and O–H groups in total. The standard InChI is InChI=1S/C22H27F3N4O3S/c1-3-28(4-2)20-8-7-17(22(23,24)25)14-19(20)27-21(30)16-9-12-29(13-10-16)33(31,32)18-6-5-11-26-15-18/h5-8,11,14-16H,3-4,9-10,12-13H2,1-2H3,(H,27,30). The number of benzene rings is 1. The average Bonchev–Trinajstić information content (AvgIpc) is 2.80. The summed E-state index contributed by atoms with van der Waals surface area (Å²) in [5.74, 6) is -0.925. The van der Waals surface area contributed by atoms with Crippen molar-refractivity contribution in [3.63, 3.8) is 0 Å². The molecule has 1 aliphatic rings. The first-order valence-electron chi connectivity index (χ1n) is 10.7. The first kappa shape index (κ1) is 25.0. The van der Waals surface area contributed by atoms with Crippen LogP contribution in [0.1, 0.15) is 32.3 Å². The number of aromatic nitrogens is 1. The van der Waals surface area contributed by atoms with Gasteiger partial charge in [-0.25, -0.2) is 8.42 Å². The lowest BCUT2D eigenvalue weighted by Crippen LogP contribution is -2.41. The molecule has 0 spiro atoms. The summed E-state index contributed by atoms with van der Waals surface area (Å²) < 4.78 is 66.6. The quantitative estimate of drug-likeness (QED) is 0.643. The number of nitrogens with zero attached hydrogens (tertiary/aromatic N) is 3. The van der Waals surface area contributed by atoms with Crippen LogP contribution in [0.25, 0.3) is 0 Å². The Morgan fingerprint density at radius 2 is 1.85 bits per heavy atom. The smallest absolute Gasteiger partial charge is 0.370 e. The fraction of sp³-hybridized carbons (Fsp3) is 0.455. The van der Waals surface area contributed by atoms with Crippen molar-refractivity contribution in [3.05, 3.63) is 48.3 Å². The summed E-state index contributed by atoms with van der Waals surface area (Å²) in [6, 6.07) is 6.33. The van der Waals surface area contributed by atoms with Crippen molar-refractivity contribution in [2.75, 3.05) is 36.4 Å². The number of hydrogen-bond acceptors (Lipinski definition) is 5. The molecule has 2 aromatic rings. The van der Waals surface area contributed by atoms with Gasteiger partial charge in [-0.1, -0.05) is 0 Å². The second-order valence-electron chi connectivity index (χ2n) is 7.76. The molecule has 180 valence electrons. The Morgan fingerprint density at radius 1 is 1.18 bits per heavy atom. The van der Waals surface area contributed by atoms with Crippen LogP contribution < -0.4 is 10.2 Å². The molecule has 11 heteroatoms. The minimum Gasteiger partial charge on any atom is -0.370 e. The van der Waals surface area contributed by atoms with Gasteiger partial charge in [-0.05, 0) is 57.0 Å². The third-order valence-corrected chi connectivity index (χ3v) is 7.66. The highest BCUT2D eigenvalue weighted by Gasteiger charge is 2.34. The number of halogens is 3. The molecule has 1 fully saturated rings. The molecule has 2 heterocycles. The van der Waals surface area contributed by atoms with Gasteiger partial charge in [0.2, 0.25) is 15.9 Å². The van der Waals surface area contributed by atoms with E-state index in [-0.39, 0.29) is 36.5 Å². The van der Waals surface area contributed by atoms with Crippen LogP contribution in [0.3, 0.4) is 0 Å². The lowest BCUT2D eigenvalue weighted by atomic mass is 9.97. The van der Waals surface area contributed by atoms with Crippen LogP contribution in [-0.4, -0.2) is 49.8 Å². The van der Waals surface area contributed by atoms with Crippen LogP contribution in [-0.2, 0) is 21.0 Å². The molecule has 1 aliphatic heterocycles. The van der Waals surface area contributed by atoms with Gasteiger partial charge in [-0.2, -0.15) is 17.5 Å². The highest BCUT2D eigenvalue weighted by Crippen LogP contribution is 2.36. The van der Waals surface area contributed by atoms with Crippen molar-refractivity contribution >= 4 is 27.3 Å². The van der Waals surface area contributed by atoms with Gasteiger partial charge in [0.1, 0.15) is 4.90 Å². The Bertz CT molecular complexity index is 1070. The molecule has 1 aromatic carbocycles. The molecule has 7 nitrogen and oxygen atoms in total. The summed E-state index contributed by atoms with van der Waals surface area (Å²) in [5, 5.41) is 2.67. The minimum atomic E-state index is -4.53. The van der Waals surface area contributed by atoms with Crippen LogP contribution in [0.4, 0.5) is 24.5 Å². The molecule has 1 amide bonds. The lowest BCUT2D eigenvalue weighted by molar-refractivity contribution is -0.137. The van der Waals surface area contributed by atoms with Crippen LogP contribution >= 0.6 is 0 Å². The van der Waals surface area contributed by atoms with E-state index in [4.69, 9.17) is 0 Å². The Hall–Kier alpha value is -2.66. The third-order valence-electron chi connectivity index (χ3n) is 5.78. The second kappa shape index (κ2) is 10.1. The summed E-state index contributed by atoms with van der Waals surface area (Å²) >= 11 is 0. The number of hydrogen-bond donors (Lipinski definition) is 1. The summed E-state index contributed by atoms with van der Waals surface area (Å²) in [4.78, 5) is 18.7. The van der Waals surface area contributed by atoms with Gasteiger partial charge in [0.05, 0.1) is 16.9 Å². The molecule has 0 aliphatic carbocycles. The number of carbonyl (C=O) groups excluding carboxylic acids is 1. The molecular formula is C22H27F3N4O3S. The summed E-state index contributed by atoms with van der Waals surface area (Å²) in [6.07, 6.45) is -1.24. The maximum atomic E-state index is 13.3. The van der Waals surface area contributed by atoms with Gasteiger partial charge < -0.3 is 10.2 Å². The maximum absolute atomic E-state index is 13.3. The predicted octanol–water partition coefficient (Wildman–Crippen LogP) is 3.99. The molecular weight excluding hydrogens is 457 g/mol. The first-order chi connectivity index (χ1) is 15.6. The molecule has 0 unspecified atom stereocenters. The molecule has 0 bridgehead atoms. The van der Waals surface area contributed by atoms with Gasteiger partial charge in [0.15, 0.2) is 0 Å². The fourth-order valence-corrected chi connectivity index (χ4v) is 5.33. The zero-order valence-electron chi connectivity index (χ0n) is 18.5. The van der Waals surface area contributed by atoms with Gasteiger partial charge in [-0.3, -0.25) is 9.78 Å². The number of piperidine rings is 1. The van der Waals surface area contributed by atoms with Gasteiger partial charge in [0, 0.05) is 44.5 Å². The molecule has 1 saturated heterocycles. The van der Waals surface area contributed by atoms with Gasteiger partial charge in [-0.15, -0.1) is 0 Å². The Balaban J connectivity index is 1.74. The number of rotatable bonds is 7. The molecule has 3 rings (SSSR count). The van der Waals surface area contributed by atoms with E-state index in [1.54, 1.807) is 0 Å². The number of amides is 1. The van der Waals surface area contributed by atoms with E-state index in [1.807, 2.05) is 18.7 Å². The van der Waals surface area contributed by atoms with Crippen molar-refractivity contribution in [2.24, 2.45) is 5.92 Å². The molecule has 0 saturated carbocycles. The fourth-order valence-electron chi connectivity index (χ4n) is 3.89. The largest absolute Gasteiger partial charge is 0.416 e. The monoisotopic (exact) mass is 484 g/mol. The molecule has 33 heavy (non-hydrogen) atoms. The van der Waals surface area contributed by atoms with Crippen LogP contribution in [0.5, 0.6) is 0 Å². The summed E-state index contributed by atoms with van der Waals surface area (Å²) in [5.41, 5.74) is -0.229. The third kappa shape index (κ3) is 5.64. The predicted molar refractivity (Wildman–Crippen MR) is 119 cm³/mol. The number of carbonyl (C=O) groups is 1. The Labute approximate surface area is 191 Å². The zero-order chi connectivity index (χ0) is 24.2. The van der Waals surface area contributed by atoms with E-state index in [0.29, 0.717) is 18.8 Å². The SMILES string of the molecule is CCN(CC)c1ccc(C(F)(F)F)cc1NC(=O)C1CCN(S(=O)(=O)c2cccnc2)CC1. The highest BCUT2D eigenvalue weighted by atomic mass is 32.2. The minimum absolute atomic E-state index is 0.0840. The number of nitrogens with one attached hydrogen (secondary N) is 1. The van der Waals surface area contributed by atoms with E-state index in [2.05, 4.69) is 10.3 Å². The van der Waals surface area contributed by atoms with Crippen LogP contribution in [0.15, 0.2) is 47.6 Å². The van der Waals surface area contributed by atoms with Crippen molar-refractivity contribution in [3.8, 4) is 0 Å². The van der Waals surface area contributed by atoms with Crippen LogP contribution in [0, 0.1) is 5.92 Å². The number of sulfonamides is 1. The Kier molecular flexibility index (Phi) is 7.63. The summed E-state index contributed by atoms with van der Waals surface area (Å²) in [6.45, 7) is 5.17. The Morgan fingerprint density at radius 3 is 2.39 bits per heavy atom. The van der Waals surface area contributed by atoms with Crippen LogP contribution in [0.2, 0.25) is 0 Å². The van der Waals surface area contributed by atoms with E-state index in [9.17, 15) is 26.4 Å². The highest BCUT2D eigenvalue weighted by molar-refractivity contribution is 7.89. The summed E-state index contributed by atoms with van der Waals surface area (Å²) in [7, 11) is -3.71. The number of alkyl halides is 3. The van der Waals surface area contributed by atoms with E-state index in [1.165, 1.54) is 34.9 Å². The van der Waals surface area contributed by atoms with Gasteiger partial charge in [0.25, 0.3) is 0 Å². The topological polar surface area (TPSA) is 82.6 Å². The lowest BCUT2D eigenvalue weighted by Gasteiger charge is -2.31. The molecule has 1 aromatic heterocycles. The zero-order valence-corrected chi connectivity index (χ0v) is 19.3. The normalized spacial score (nSPS) is 15.9. The number of pyridine rings is 1. The number of anilines is 2. The van der Waals surface area contributed by atoms with E-state index in [0.717, 1.165) is 12.1 Å². The second-order valence-corrected chi connectivity index (χ2v) is 9.70. The first-order valence-corrected chi connectivity index (χ1v) is 12.2. The van der Waals surface area contributed by atoms with Crippen molar-refractivity contribution in [1.82, 2.24) is 9.29 Å². The molecule has 0 radical (unpaired) electrons. The van der Waals surface area contributed by atoms with Crippen molar-refractivity contribution in [1.29, 1.82) is 0 Å². The van der Waals surface area contributed by atoms with Crippen molar-refractivity contribution < 1.29 is 26.4 Å².